The normalized spacial score (nSPS) is 13.0. The predicted molar refractivity (Wildman–Crippen MR) is 102 cm³/mol. The Kier molecular flexibility index (Phi) is 9.56. The number of carbonyl (C=O) groups is 1. The van der Waals surface area contributed by atoms with Crippen molar-refractivity contribution in [2.24, 2.45) is 5.92 Å². The summed E-state index contributed by atoms with van der Waals surface area (Å²) in [6, 6.07) is 0. The number of sulfonamides is 1. The van der Waals surface area contributed by atoms with Crippen LogP contribution in [0, 0.1) is 5.92 Å². The zero-order valence-electron chi connectivity index (χ0n) is 16.5. The number of rotatable bonds is 10. The van der Waals surface area contributed by atoms with E-state index in [0.29, 0.717) is 18.8 Å². The van der Waals surface area contributed by atoms with Gasteiger partial charge in [-0.25, -0.2) is 8.42 Å². The van der Waals surface area contributed by atoms with E-state index in [2.05, 4.69) is 6.58 Å². The molecule has 0 aromatic heterocycles. The van der Waals surface area contributed by atoms with Crippen LogP contribution in [0.25, 0.3) is 0 Å². The largest absolute Gasteiger partial charge is 0.495 e. The summed E-state index contributed by atoms with van der Waals surface area (Å²) in [7, 11) is -2.43. The third-order valence-electron chi connectivity index (χ3n) is 3.79. The summed E-state index contributed by atoms with van der Waals surface area (Å²) in [4.78, 5) is 14.3. The van der Waals surface area contributed by atoms with Crippen LogP contribution in [0.15, 0.2) is 35.1 Å². The zero-order valence-corrected chi connectivity index (χ0v) is 17.3. The fourth-order valence-corrected chi connectivity index (χ4v) is 3.50. The summed E-state index contributed by atoms with van der Waals surface area (Å²) < 4.78 is 32.3. The van der Waals surface area contributed by atoms with E-state index in [-0.39, 0.29) is 29.0 Å². The first-order valence-corrected chi connectivity index (χ1v) is 9.89. The van der Waals surface area contributed by atoms with E-state index in [0.717, 1.165) is 4.31 Å². The highest BCUT2D eigenvalue weighted by Crippen LogP contribution is 2.25. The zero-order chi connectivity index (χ0) is 19.8. The Labute approximate surface area is 152 Å². The Morgan fingerprint density at radius 3 is 2.12 bits per heavy atom. The molecule has 25 heavy (non-hydrogen) atoms. The van der Waals surface area contributed by atoms with Gasteiger partial charge in [-0.2, -0.15) is 0 Å². The van der Waals surface area contributed by atoms with Gasteiger partial charge in [0.2, 0.25) is 5.91 Å². The van der Waals surface area contributed by atoms with Crippen LogP contribution in [0.4, 0.5) is 0 Å². The summed E-state index contributed by atoms with van der Waals surface area (Å²) in [6.07, 6.45) is 3.24. The molecule has 0 aliphatic carbocycles. The lowest BCUT2D eigenvalue weighted by Crippen LogP contribution is -2.43. The second-order valence-corrected chi connectivity index (χ2v) is 7.94. The summed E-state index contributed by atoms with van der Waals surface area (Å²) in [6.45, 7) is 15.2. The van der Waals surface area contributed by atoms with E-state index in [1.165, 1.54) is 20.1 Å². The molecular formula is C18H32N2O4S. The third-order valence-corrected chi connectivity index (χ3v) is 5.75. The van der Waals surface area contributed by atoms with Gasteiger partial charge in [0.05, 0.1) is 17.7 Å². The van der Waals surface area contributed by atoms with Gasteiger partial charge in [-0.05, 0) is 33.6 Å². The molecular weight excluding hydrogens is 340 g/mol. The van der Waals surface area contributed by atoms with Gasteiger partial charge in [-0.3, -0.25) is 9.10 Å². The molecule has 0 unspecified atom stereocenters. The highest BCUT2D eigenvalue weighted by molar-refractivity contribution is 7.93. The molecule has 0 heterocycles. The van der Waals surface area contributed by atoms with E-state index >= 15 is 0 Å². The molecule has 0 N–H and O–H groups in total. The Morgan fingerprint density at radius 2 is 1.76 bits per heavy atom. The first kappa shape index (κ1) is 23.2. The van der Waals surface area contributed by atoms with Gasteiger partial charge >= 0.3 is 0 Å². The van der Waals surface area contributed by atoms with E-state index in [1.807, 2.05) is 27.7 Å². The lowest BCUT2D eigenvalue weighted by Gasteiger charge is -2.30. The van der Waals surface area contributed by atoms with Crippen LogP contribution in [0.3, 0.4) is 0 Å². The average molecular weight is 373 g/mol. The molecule has 144 valence electrons. The highest BCUT2D eigenvalue weighted by Gasteiger charge is 2.31. The molecule has 0 aromatic rings. The number of carbonyl (C=O) groups excluding carboxylic acids is 1. The molecule has 0 atom stereocenters. The molecule has 0 saturated heterocycles. The highest BCUT2D eigenvalue weighted by atomic mass is 32.2. The second-order valence-electron chi connectivity index (χ2n) is 5.90. The average Bonchev–Trinajstić information content (AvgIpc) is 2.56. The number of amides is 1. The van der Waals surface area contributed by atoms with Crippen LogP contribution >= 0.6 is 0 Å². The van der Waals surface area contributed by atoms with Crippen molar-refractivity contribution in [3.63, 3.8) is 0 Å². The SMILES string of the molecule is C=C(OC)/C(=C\C(C)C)N(CC(=O)N(CC)CC)S(=O)(=O)/C(C)=C/C. The molecule has 1 amide bonds. The first-order valence-electron chi connectivity index (χ1n) is 8.45. The van der Waals surface area contributed by atoms with Gasteiger partial charge in [0.15, 0.2) is 0 Å². The second kappa shape index (κ2) is 10.3. The minimum atomic E-state index is -3.86. The Hall–Kier alpha value is -1.76. The number of hydrogen-bond acceptors (Lipinski definition) is 4. The van der Waals surface area contributed by atoms with Crippen molar-refractivity contribution in [1.82, 2.24) is 9.21 Å². The molecule has 0 bridgehead atoms. The van der Waals surface area contributed by atoms with Gasteiger partial charge in [-0.1, -0.05) is 32.6 Å². The Morgan fingerprint density at radius 1 is 1.24 bits per heavy atom. The summed E-state index contributed by atoms with van der Waals surface area (Å²) in [5.41, 5.74) is 0.291. The van der Waals surface area contributed by atoms with Crippen molar-refractivity contribution in [2.45, 2.75) is 41.5 Å². The number of hydrogen-bond donors (Lipinski definition) is 0. The fourth-order valence-electron chi connectivity index (χ4n) is 2.16. The summed E-state index contributed by atoms with van der Waals surface area (Å²) >= 11 is 0. The summed E-state index contributed by atoms with van der Waals surface area (Å²) in [5, 5.41) is 0. The van der Waals surface area contributed by atoms with Crippen molar-refractivity contribution in [3.05, 3.63) is 35.1 Å². The summed E-state index contributed by atoms with van der Waals surface area (Å²) in [5.74, 6) is -0.0152. The van der Waals surface area contributed by atoms with E-state index in [1.54, 1.807) is 17.9 Å². The van der Waals surface area contributed by atoms with Crippen molar-refractivity contribution in [3.8, 4) is 0 Å². The topological polar surface area (TPSA) is 66.9 Å². The van der Waals surface area contributed by atoms with Crippen LogP contribution < -0.4 is 0 Å². The number of methoxy groups -OCH3 is 1. The molecule has 6 nitrogen and oxygen atoms in total. The monoisotopic (exact) mass is 372 g/mol. The van der Waals surface area contributed by atoms with Crippen molar-refractivity contribution < 1.29 is 17.9 Å². The van der Waals surface area contributed by atoms with Crippen LogP contribution in [0.1, 0.15) is 41.5 Å². The lowest BCUT2D eigenvalue weighted by molar-refractivity contribution is -0.130. The van der Waals surface area contributed by atoms with Crippen molar-refractivity contribution in [2.75, 3.05) is 26.7 Å². The maximum absolute atomic E-state index is 13.0. The van der Waals surface area contributed by atoms with Crippen LogP contribution in [-0.2, 0) is 19.6 Å². The number of likely N-dealkylation sites (N-methyl/N-ethyl adjacent to an activating group) is 1. The molecule has 0 fully saturated rings. The first-order chi connectivity index (χ1) is 11.6. The molecule has 0 aliphatic heterocycles. The van der Waals surface area contributed by atoms with Gasteiger partial charge in [0, 0.05) is 13.1 Å². The maximum Gasteiger partial charge on any atom is 0.260 e. The third kappa shape index (κ3) is 6.23. The van der Waals surface area contributed by atoms with Gasteiger partial charge in [0.1, 0.15) is 12.3 Å². The Balaban J connectivity index is 6.24. The molecule has 0 spiro atoms. The molecule has 7 heteroatoms. The maximum atomic E-state index is 13.0. The standard InChI is InChI=1S/C18H32N2O4S/c1-9-15(6)25(22,23)20(13-18(21)19(10-2)11-3)17(12-14(4)5)16(7)24-8/h9,12,14H,7,10-11,13H2,1-6,8H3/b15-9+,17-12+. The molecule has 0 aliphatic rings. The number of nitrogens with zero attached hydrogens (tertiary/aromatic N) is 2. The molecule has 0 aromatic carbocycles. The minimum Gasteiger partial charge on any atom is -0.495 e. The minimum absolute atomic E-state index is 0.0501. The lowest BCUT2D eigenvalue weighted by atomic mass is 10.1. The Bertz CT molecular complexity index is 629. The van der Waals surface area contributed by atoms with Crippen LogP contribution in [-0.4, -0.2) is 50.3 Å². The van der Waals surface area contributed by atoms with E-state index in [4.69, 9.17) is 4.74 Å². The molecule has 0 rings (SSSR count). The number of allylic oxidation sites excluding steroid dienone is 3. The van der Waals surface area contributed by atoms with E-state index < -0.39 is 10.0 Å². The molecule has 0 radical (unpaired) electrons. The number of ether oxygens (including phenoxy) is 1. The van der Waals surface area contributed by atoms with Crippen LogP contribution in [0.2, 0.25) is 0 Å². The quantitative estimate of drug-likeness (QED) is 0.436. The van der Waals surface area contributed by atoms with Crippen molar-refractivity contribution in [1.29, 1.82) is 0 Å². The molecule has 0 saturated carbocycles. The van der Waals surface area contributed by atoms with Crippen LogP contribution in [0.5, 0.6) is 0 Å². The fraction of sp³-hybridized carbons (Fsp3) is 0.611. The van der Waals surface area contributed by atoms with E-state index in [9.17, 15) is 13.2 Å². The van der Waals surface area contributed by atoms with Gasteiger partial charge in [-0.15, -0.1) is 0 Å². The predicted octanol–water partition coefficient (Wildman–Crippen LogP) is 3.11. The van der Waals surface area contributed by atoms with Gasteiger partial charge in [0.25, 0.3) is 10.0 Å². The van der Waals surface area contributed by atoms with Crippen molar-refractivity contribution >= 4 is 15.9 Å². The van der Waals surface area contributed by atoms with Gasteiger partial charge < -0.3 is 9.64 Å². The smallest absolute Gasteiger partial charge is 0.260 e.